The fraction of sp³-hybridized carbons (Fsp3) is 0.417. The molecule has 2 aromatic rings. The van der Waals surface area contributed by atoms with Crippen LogP contribution < -0.4 is 24.0 Å². The molecule has 0 bridgehead atoms. The summed E-state index contributed by atoms with van der Waals surface area (Å²) in [5.74, 6) is 1.02. The molecular weight excluding hydrogens is 410 g/mol. The quantitative estimate of drug-likeness (QED) is 0.689. The van der Waals surface area contributed by atoms with Gasteiger partial charge in [-0.2, -0.15) is 0 Å². The van der Waals surface area contributed by atoms with Gasteiger partial charge in [-0.15, -0.1) is 0 Å². The highest BCUT2D eigenvalue weighted by molar-refractivity contribution is 6.00. The molecule has 0 spiro atoms. The highest BCUT2D eigenvalue weighted by Gasteiger charge is 2.38. The van der Waals surface area contributed by atoms with Crippen molar-refractivity contribution in [1.82, 2.24) is 4.90 Å². The normalized spacial score (nSPS) is 18.7. The molecule has 4 rings (SSSR count). The number of methoxy groups -OCH3 is 3. The van der Waals surface area contributed by atoms with Crippen molar-refractivity contribution in [2.75, 3.05) is 63.9 Å². The average molecular weight is 440 g/mol. The minimum atomic E-state index is -0.357. The number of carbonyl (C=O) groups excluding carboxylic acids is 2. The van der Waals surface area contributed by atoms with Gasteiger partial charge in [-0.05, 0) is 12.1 Å². The number of piperazine rings is 1. The molecule has 0 aromatic heterocycles. The fourth-order valence-corrected chi connectivity index (χ4v) is 4.43. The number of ether oxygens (including phenoxy) is 3. The van der Waals surface area contributed by atoms with Crippen LogP contribution in [0.3, 0.4) is 0 Å². The Bertz CT molecular complexity index is 948. The van der Waals surface area contributed by atoms with Crippen molar-refractivity contribution in [3.05, 3.63) is 42.5 Å². The monoisotopic (exact) mass is 439 g/mol. The summed E-state index contributed by atoms with van der Waals surface area (Å²) in [6.45, 7) is 3.22. The average Bonchev–Trinajstić information content (AvgIpc) is 3.24. The molecule has 2 aliphatic rings. The molecular formula is C24H29N3O5. The Hall–Kier alpha value is -3.42. The SMILES string of the molecule is COc1cc(N2CC(C(=O)N3CCN(c4ccccc4)CC3)CC2=O)cc(OC)c1OC. The van der Waals surface area contributed by atoms with Crippen molar-refractivity contribution in [2.24, 2.45) is 5.92 Å². The van der Waals surface area contributed by atoms with Crippen LogP contribution in [0.15, 0.2) is 42.5 Å². The van der Waals surface area contributed by atoms with Gasteiger partial charge in [-0.3, -0.25) is 9.59 Å². The van der Waals surface area contributed by atoms with E-state index in [4.69, 9.17) is 14.2 Å². The van der Waals surface area contributed by atoms with E-state index in [-0.39, 0.29) is 24.2 Å². The summed E-state index contributed by atoms with van der Waals surface area (Å²) in [4.78, 5) is 31.8. The van der Waals surface area contributed by atoms with Crippen molar-refractivity contribution in [1.29, 1.82) is 0 Å². The standard InChI is InChI=1S/C24H29N3O5/c1-30-20-14-19(15-21(31-2)23(20)32-3)27-16-17(13-22(27)28)24(29)26-11-9-25(10-12-26)18-7-5-4-6-8-18/h4-8,14-15,17H,9-13,16H2,1-3H3. The number of benzene rings is 2. The fourth-order valence-electron chi connectivity index (χ4n) is 4.43. The number of hydrogen-bond donors (Lipinski definition) is 0. The first-order valence-corrected chi connectivity index (χ1v) is 10.7. The van der Waals surface area contributed by atoms with Gasteiger partial charge in [-0.1, -0.05) is 18.2 Å². The second kappa shape index (κ2) is 9.38. The molecule has 2 fully saturated rings. The van der Waals surface area contributed by atoms with Crippen molar-refractivity contribution in [2.45, 2.75) is 6.42 Å². The zero-order chi connectivity index (χ0) is 22.7. The Labute approximate surface area is 188 Å². The second-order valence-electron chi connectivity index (χ2n) is 7.94. The topological polar surface area (TPSA) is 71.6 Å². The van der Waals surface area contributed by atoms with Crippen LogP contribution in [0.4, 0.5) is 11.4 Å². The van der Waals surface area contributed by atoms with Gasteiger partial charge < -0.3 is 28.9 Å². The molecule has 0 radical (unpaired) electrons. The molecule has 0 saturated carbocycles. The number of anilines is 2. The first kappa shape index (κ1) is 21.8. The number of rotatable bonds is 6. The number of para-hydroxylation sites is 1. The van der Waals surface area contributed by atoms with Crippen molar-refractivity contribution >= 4 is 23.2 Å². The number of nitrogens with zero attached hydrogens (tertiary/aromatic N) is 3. The Balaban J connectivity index is 1.43. The van der Waals surface area contributed by atoms with Crippen LogP contribution in [-0.4, -0.2) is 70.8 Å². The van der Waals surface area contributed by atoms with Gasteiger partial charge in [0, 0.05) is 57.0 Å². The van der Waals surface area contributed by atoms with Crippen LogP contribution >= 0.6 is 0 Å². The van der Waals surface area contributed by atoms with E-state index in [1.165, 1.54) is 27.0 Å². The summed E-state index contributed by atoms with van der Waals surface area (Å²) < 4.78 is 16.2. The lowest BCUT2D eigenvalue weighted by atomic mass is 10.1. The third-order valence-electron chi connectivity index (χ3n) is 6.15. The van der Waals surface area contributed by atoms with Gasteiger partial charge >= 0.3 is 0 Å². The zero-order valence-electron chi connectivity index (χ0n) is 18.7. The molecule has 2 saturated heterocycles. The molecule has 8 heteroatoms. The maximum absolute atomic E-state index is 13.2. The molecule has 170 valence electrons. The molecule has 2 aliphatic heterocycles. The van der Waals surface area contributed by atoms with Crippen LogP contribution in [-0.2, 0) is 9.59 Å². The van der Waals surface area contributed by atoms with E-state index in [0.717, 1.165) is 13.1 Å². The largest absolute Gasteiger partial charge is 0.493 e. The van der Waals surface area contributed by atoms with E-state index in [1.54, 1.807) is 17.0 Å². The van der Waals surface area contributed by atoms with Crippen molar-refractivity contribution in [3.8, 4) is 17.2 Å². The smallest absolute Gasteiger partial charge is 0.228 e. The lowest BCUT2D eigenvalue weighted by molar-refractivity contribution is -0.136. The van der Waals surface area contributed by atoms with Gasteiger partial charge in [0.15, 0.2) is 11.5 Å². The van der Waals surface area contributed by atoms with E-state index in [9.17, 15) is 9.59 Å². The van der Waals surface area contributed by atoms with E-state index < -0.39 is 0 Å². The summed E-state index contributed by atoms with van der Waals surface area (Å²) in [7, 11) is 4.61. The Morgan fingerprint density at radius 2 is 1.50 bits per heavy atom. The van der Waals surface area contributed by atoms with Crippen LogP contribution in [0.25, 0.3) is 0 Å². The Morgan fingerprint density at radius 3 is 2.06 bits per heavy atom. The maximum Gasteiger partial charge on any atom is 0.228 e. The molecule has 0 N–H and O–H groups in total. The lowest BCUT2D eigenvalue weighted by Crippen LogP contribution is -2.50. The number of hydrogen-bond acceptors (Lipinski definition) is 6. The van der Waals surface area contributed by atoms with Crippen LogP contribution in [0.1, 0.15) is 6.42 Å². The van der Waals surface area contributed by atoms with E-state index in [1.807, 2.05) is 23.1 Å². The number of carbonyl (C=O) groups is 2. The van der Waals surface area contributed by atoms with Crippen LogP contribution in [0.5, 0.6) is 17.2 Å². The second-order valence-corrected chi connectivity index (χ2v) is 7.94. The summed E-state index contributed by atoms with van der Waals surface area (Å²) >= 11 is 0. The van der Waals surface area contributed by atoms with Gasteiger partial charge in [0.05, 0.1) is 32.9 Å². The number of amides is 2. The molecule has 1 unspecified atom stereocenters. The summed E-state index contributed by atoms with van der Waals surface area (Å²) in [6.07, 6.45) is 0.203. The van der Waals surface area contributed by atoms with Gasteiger partial charge in [0.2, 0.25) is 17.6 Å². The van der Waals surface area contributed by atoms with Crippen molar-refractivity contribution < 1.29 is 23.8 Å². The Kier molecular flexibility index (Phi) is 6.39. The van der Waals surface area contributed by atoms with Gasteiger partial charge in [0.1, 0.15) is 0 Å². The van der Waals surface area contributed by atoms with Crippen molar-refractivity contribution in [3.63, 3.8) is 0 Å². The molecule has 2 amide bonds. The highest BCUT2D eigenvalue weighted by Crippen LogP contribution is 2.42. The Morgan fingerprint density at radius 1 is 0.875 bits per heavy atom. The third-order valence-corrected chi connectivity index (χ3v) is 6.15. The first-order valence-electron chi connectivity index (χ1n) is 10.7. The highest BCUT2D eigenvalue weighted by atomic mass is 16.5. The third kappa shape index (κ3) is 4.17. The van der Waals surface area contributed by atoms with E-state index in [2.05, 4.69) is 17.0 Å². The molecule has 2 aromatic carbocycles. The van der Waals surface area contributed by atoms with Crippen LogP contribution in [0, 0.1) is 5.92 Å². The molecule has 8 nitrogen and oxygen atoms in total. The summed E-state index contributed by atoms with van der Waals surface area (Å²) in [5.41, 5.74) is 1.80. The minimum absolute atomic E-state index is 0.0426. The minimum Gasteiger partial charge on any atom is -0.493 e. The molecule has 1 atom stereocenters. The van der Waals surface area contributed by atoms with Gasteiger partial charge in [-0.25, -0.2) is 0 Å². The molecule has 2 heterocycles. The lowest BCUT2D eigenvalue weighted by Gasteiger charge is -2.37. The van der Waals surface area contributed by atoms with E-state index >= 15 is 0 Å². The zero-order valence-corrected chi connectivity index (χ0v) is 18.7. The predicted molar refractivity (Wildman–Crippen MR) is 122 cm³/mol. The van der Waals surface area contributed by atoms with Gasteiger partial charge in [0.25, 0.3) is 0 Å². The van der Waals surface area contributed by atoms with Crippen LogP contribution in [0.2, 0.25) is 0 Å². The predicted octanol–water partition coefficient (Wildman–Crippen LogP) is 2.41. The summed E-state index contributed by atoms with van der Waals surface area (Å²) in [5, 5.41) is 0. The molecule has 0 aliphatic carbocycles. The van der Waals surface area contributed by atoms with E-state index in [0.29, 0.717) is 42.6 Å². The molecule has 32 heavy (non-hydrogen) atoms. The first-order chi connectivity index (χ1) is 15.5. The maximum atomic E-state index is 13.2. The summed E-state index contributed by atoms with van der Waals surface area (Å²) in [6, 6.07) is 13.7.